The smallest absolute Gasteiger partial charge is 0.239 e. The maximum absolute atomic E-state index is 14.6. The second kappa shape index (κ2) is 12.3. The van der Waals surface area contributed by atoms with E-state index in [9.17, 15) is 9.18 Å². The number of halogens is 2. The van der Waals surface area contributed by atoms with Crippen molar-refractivity contribution in [1.82, 2.24) is 20.9 Å². The molecule has 1 aliphatic heterocycles. The maximum atomic E-state index is 14.6. The summed E-state index contributed by atoms with van der Waals surface area (Å²) in [6, 6.07) is 5.34. The van der Waals surface area contributed by atoms with Gasteiger partial charge in [-0.2, -0.15) is 0 Å². The lowest BCUT2D eigenvalue weighted by Crippen LogP contribution is -2.48. The van der Waals surface area contributed by atoms with E-state index in [4.69, 9.17) is 0 Å². The Labute approximate surface area is 196 Å². The van der Waals surface area contributed by atoms with Crippen molar-refractivity contribution in [3.63, 3.8) is 0 Å². The predicted octanol–water partition coefficient (Wildman–Crippen LogP) is 2.17. The van der Waals surface area contributed by atoms with E-state index in [1.165, 1.54) is 0 Å². The van der Waals surface area contributed by atoms with Crippen LogP contribution in [0, 0.1) is 5.82 Å². The molecule has 0 radical (unpaired) electrons. The van der Waals surface area contributed by atoms with Crippen molar-refractivity contribution >= 4 is 41.5 Å². The van der Waals surface area contributed by atoms with Gasteiger partial charge in [0.15, 0.2) is 5.96 Å². The fourth-order valence-corrected chi connectivity index (χ4v) is 3.25. The molecule has 9 heteroatoms. The zero-order valence-electron chi connectivity index (χ0n) is 18.7. The highest BCUT2D eigenvalue weighted by molar-refractivity contribution is 14.0. The minimum atomic E-state index is -0.280. The number of carbonyl (C=O) groups excluding carboxylic acids is 1. The Bertz CT molecular complexity index is 714. The molecule has 1 saturated heterocycles. The molecule has 7 nitrogen and oxygen atoms in total. The van der Waals surface area contributed by atoms with Gasteiger partial charge in [-0.05, 0) is 45.0 Å². The zero-order chi connectivity index (χ0) is 21.4. The standard InChI is InChI=1S/C21H35FN6O.HI/c1-6-27-9-11-28(12-10-27)18-8-7-16(13-17(18)22)14-24-20(23-5)25-15-19(29)26-21(2,3)4;/h7-8,13H,6,9-12,14-15H2,1-5H3,(H,26,29)(H2,23,24,25);1H. The molecule has 170 valence electrons. The van der Waals surface area contributed by atoms with Crippen LogP contribution in [0.1, 0.15) is 33.3 Å². The number of piperazine rings is 1. The fourth-order valence-electron chi connectivity index (χ4n) is 3.25. The summed E-state index contributed by atoms with van der Waals surface area (Å²) in [4.78, 5) is 20.5. The van der Waals surface area contributed by atoms with Crippen molar-refractivity contribution in [2.45, 2.75) is 39.8 Å². The van der Waals surface area contributed by atoms with Crippen LogP contribution in [0.3, 0.4) is 0 Å². The molecular weight excluding hydrogens is 498 g/mol. The van der Waals surface area contributed by atoms with E-state index in [0.29, 0.717) is 18.2 Å². The highest BCUT2D eigenvalue weighted by Crippen LogP contribution is 2.22. The summed E-state index contributed by atoms with van der Waals surface area (Å²) in [5, 5.41) is 8.97. The summed E-state index contributed by atoms with van der Waals surface area (Å²) in [6.07, 6.45) is 0. The van der Waals surface area contributed by atoms with E-state index < -0.39 is 0 Å². The van der Waals surface area contributed by atoms with Crippen molar-refractivity contribution in [3.05, 3.63) is 29.6 Å². The summed E-state index contributed by atoms with van der Waals surface area (Å²) in [7, 11) is 1.64. The van der Waals surface area contributed by atoms with Gasteiger partial charge >= 0.3 is 0 Å². The average Bonchev–Trinajstić information content (AvgIpc) is 2.67. The van der Waals surface area contributed by atoms with Gasteiger partial charge in [-0.3, -0.25) is 9.79 Å². The minimum absolute atomic E-state index is 0. The van der Waals surface area contributed by atoms with Crippen LogP contribution in [0.25, 0.3) is 0 Å². The van der Waals surface area contributed by atoms with Crippen LogP contribution in [0.2, 0.25) is 0 Å². The number of anilines is 1. The number of hydrogen-bond donors (Lipinski definition) is 3. The highest BCUT2D eigenvalue weighted by Gasteiger charge is 2.18. The van der Waals surface area contributed by atoms with Crippen LogP contribution in [0.4, 0.5) is 10.1 Å². The van der Waals surface area contributed by atoms with E-state index in [1.54, 1.807) is 13.1 Å². The number of guanidine groups is 1. The molecule has 0 unspecified atom stereocenters. The summed E-state index contributed by atoms with van der Waals surface area (Å²) in [6.45, 7) is 13.1. The Morgan fingerprint density at radius 3 is 2.37 bits per heavy atom. The Kier molecular flexibility index (Phi) is 10.8. The Balaban J connectivity index is 0.00000450. The van der Waals surface area contributed by atoms with E-state index in [2.05, 4.69) is 37.7 Å². The highest BCUT2D eigenvalue weighted by atomic mass is 127. The third kappa shape index (κ3) is 8.63. The van der Waals surface area contributed by atoms with Crippen molar-refractivity contribution in [1.29, 1.82) is 0 Å². The van der Waals surface area contributed by atoms with Gasteiger partial charge in [0.05, 0.1) is 12.2 Å². The largest absolute Gasteiger partial charge is 0.367 e. The Morgan fingerprint density at radius 1 is 1.17 bits per heavy atom. The SMILES string of the molecule is CCN1CCN(c2ccc(CNC(=NC)NCC(=O)NC(C)(C)C)cc2F)CC1.I. The number of likely N-dealkylation sites (N-methyl/N-ethyl adjacent to an activating group) is 1. The molecule has 0 bridgehead atoms. The van der Waals surface area contributed by atoms with E-state index in [1.807, 2.05) is 32.9 Å². The normalized spacial score (nSPS) is 15.4. The topological polar surface area (TPSA) is 72.0 Å². The van der Waals surface area contributed by atoms with Crippen molar-refractivity contribution in [3.8, 4) is 0 Å². The first kappa shape index (κ1) is 26.4. The number of rotatable bonds is 6. The first-order valence-corrected chi connectivity index (χ1v) is 10.2. The van der Waals surface area contributed by atoms with Crippen LogP contribution in [-0.4, -0.2) is 68.6 Å². The fraction of sp³-hybridized carbons (Fsp3) is 0.619. The second-order valence-electron chi connectivity index (χ2n) is 8.28. The molecule has 0 aromatic heterocycles. The number of benzene rings is 1. The first-order valence-electron chi connectivity index (χ1n) is 10.2. The van der Waals surface area contributed by atoms with Crippen molar-refractivity contribution in [2.75, 3.05) is 51.2 Å². The lowest BCUT2D eigenvalue weighted by molar-refractivity contribution is -0.121. The molecule has 0 atom stereocenters. The summed E-state index contributed by atoms with van der Waals surface area (Å²) < 4.78 is 14.6. The first-order chi connectivity index (χ1) is 13.7. The number of aliphatic imine (C=N–C) groups is 1. The molecule has 30 heavy (non-hydrogen) atoms. The second-order valence-corrected chi connectivity index (χ2v) is 8.28. The van der Waals surface area contributed by atoms with Crippen LogP contribution in [0.15, 0.2) is 23.2 Å². The van der Waals surface area contributed by atoms with Crippen LogP contribution < -0.4 is 20.9 Å². The lowest BCUT2D eigenvalue weighted by Gasteiger charge is -2.35. The van der Waals surface area contributed by atoms with Gasteiger partial charge in [-0.25, -0.2) is 4.39 Å². The molecule has 0 spiro atoms. The Hall–Kier alpha value is -1.62. The molecule has 0 saturated carbocycles. The van der Waals surface area contributed by atoms with Crippen LogP contribution >= 0.6 is 24.0 Å². The van der Waals surface area contributed by atoms with Crippen LogP contribution in [0.5, 0.6) is 0 Å². The monoisotopic (exact) mass is 534 g/mol. The van der Waals surface area contributed by atoms with Gasteiger partial charge in [0.25, 0.3) is 0 Å². The predicted molar refractivity (Wildman–Crippen MR) is 132 cm³/mol. The molecule has 1 aliphatic rings. The van der Waals surface area contributed by atoms with Crippen molar-refractivity contribution < 1.29 is 9.18 Å². The Morgan fingerprint density at radius 2 is 1.83 bits per heavy atom. The number of hydrogen-bond acceptors (Lipinski definition) is 4. The summed E-state index contributed by atoms with van der Waals surface area (Å²) in [5.41, 5.74) is 1.20. The molecule has 3 N–H and O–H groups in total. The minimum Gasteiger partial charge on any atom is -0.367 e. The summed E-state index contributed by atoms with van der Waals surface area (Å²) >= 11 is 0. The van der Waals surface area contributed by atoms with Gasteiger partial charge in [0, 0.05) is 45.3 Å². The van der Waals surface area contributed by atoms with Gasteiger partial charge in [0.1, 0.15) is 5.82 Å². The quantitative estimate of drug-likeness (QED) is 0.297. The van der Waals surface area contributed by atoms with Crippen molar-refractivity contribution in [2.24, 2.45) is 4.99 Å². The number of nitrogens with zero attached hydrogens (tertiary/aromatic N) is 3. The zero-order valence-corrected chi connectivity index (χ0v) is 21.0. The number of nitrogens with one attached hydrogen (secondary N) is 3. The molecule has 2 rings (SSSR count). The molecule has 1 fully saturated rings. The molecule has 1 amide bonds. The summed E-state index contributed by atoms with van der Waals surface area (Å²) in [5.74, 6) is 0.176. The van der Waals surface area contributed by atoms with E-state index in [-0.39, 0.29) is 47.8 Å². The molecule has 1 heterocycles. The van der Waals surface area contributed by atoms with Crippen LogP contribution in [-0.2, 0) is 11.3 Å². The van der Waals surface area contributed by atoms with Gasteiger partial charge in [-0.1, -0.05) is 13.0 Å². The third-order valence-corrected chi connectivity index (χ3v) is 4.79. The number of amides is 1. The molecule has 1 aromatic rings. The number of carbonyl (C=O) groups is 1. The third-order valence-electron chi connectivity index (χ3n) is 4.79. The van der Waals surface area contributed by atoms with E-state index in [0.717, 1.165) is 38.3 Å². The van der Waals surface area contributed by atoms with Gasteiger partial charge in [0.2, 0.25) is 5.91 Å². The molecule has 0 aliphatic carbocycles. The van der Waals surface area contributed by atoms with Gasteiger partial charge in [-0.15, -0.1) is 24.0 Å². The maximum Gasteiger partial charge on any atom is 0.239 e. The lowest BCUT2D eigenvalue weighted by atomic mass is 10.1. The van der Waals surface area contributed by atoms with E-state index >= 15 is 0 Å². The molecular formula is C21H36FIN6O. The molecule has 1 aromatic carbocycles. The van der Waals surface area contributed by atoms with Gasteiger partial charge < -0.3 is 25.8 Å². The average molecular weight is 534 g/mol.